The summed E-state index contributed by atoms with van der Waals surface area (Å²) in [6.45, 7) is 2.77. The number of carboxylic acid groups (broad SMARTS) is 1. The van der Waals surface area contributed by atoms with Crippen LogP contribution in [0.15, 0.2) is 10.2 Å². The van der Waals surface area contributed by atoms with Gasteiger partial charge in [-0.2, -0.15) is 10.2 Å². The minimum atomic E-state index is -1.12. The molecule has 24 heavy (non-hydrogen) atoms. The van der Waals surface area contributed by atoms with Gasteiger partial charge in [0.25, 0.3) is 0 Å². The molecular formula is C13H22ClN7O3. The molecule has 10 nitrogen and oxygen atoms in total. The van der Waals surface area contributed by atoms with Crippen LogP contribution in [0.2, 0.25) is 0 Å². The number of hydrazine groups is 1. The summed E-state index contributed by atoms with van der Waals surface area (Å²) in [5.74, 6) is -1.37. The maximum absolute atomic E-state index is 12.4. The molecule has 2 fully saturated rings. The molecule has 1 amide bonds. The summed E-state index contributed by atoms with van der Waals surface area (Å²) in [5.41, 5.74) is 5.57. The van der Waals surface area contributed by atoms with E-state index in [4.69, 9.17) is 11.6 Å². The lowest BCUT2D eigenvalue weighted by atomic mass is 10.0. The van der Waals surface area contributed by atoms with E-state index in [9.17, 15) is 14.7 Å². The van der Waals surface area contributed by atoms with Crippen LogP contribution >= 0.6 is 11.6 Å². The number of azo groups is 1. The third kappa shape index (κ3) is 4.01. The molecule has 0 aliphatic carbocycles. The molecule has 134 valence electrons. The zero-order valence-electron chi connectivity index (χ0n) is 13.1. The molecular weight excluding hydrogens is 338 g/mol. The summed E-state index contributed by atoms with van der Waals surface area (Å²) < 4.78 is 0. The summed E-state index contributed by atoms with van der Waals surface area (Å²) in [5, 5.41) is 22.6. The molecule has 3 rings (SSSR count). The number of carbonyl (C=O) groups is 2. The van der Waals surface area contributed by atoms with Gasteiger partial charge in [0.05, 0.1) is 12.2 Å². The molecule has 3 heterocycles. The van der Waals surface area contributed by atoms with Crippen molar-refractivity contribution < 1.29 is 14.7 Å². The summed E-state index contributed by atoms with van der Waals surface area (Å²) in [6.07, 6.45) is 1.93. The first-order valence-electron chi connectivity index (χ1n) is 8.07. The number of rotatable bonds is 4. The zero-order valence-corrected chi connectivity index (χ0v) is 13.9. The van der Waals surface area contributed by atoms with Crippen molar-refractivity contribution in [2.75, 3.05) is 19.8 Å². The molecule has 5 unspecified atom stereocenters. The van der Waals surface area contributed by atoms with E-state index in [-0.39, 0.29) is 18.5 Å². The van der Waals surface area contributed by atoms with Gasteiger partial charge in [-0.25, -0.2) is 15.6 Å². The predicted molar refractivity (Wildman–Crippen MR) is 85.1 cm³/mol. The second kappa shape index (κ2) is 7.70. The third-order valence-corrected chi connectivity index (χ3v) is 4.79. The number of alkyl halides is 1. The minimum Gasteiger partial charge on any atom is -0.480 e. The topological polar surface area (TPSA) is 130 Å². The van der Waals surface area contributed by atoms with E-state index >= 15 is 0 Å². The Balaban J connectivity index is 1.51. The van der Waals surface area contributed by atoms with E-state index in [0.717, 1.165) is 26.2 Å². The standard InChI is InChI=1S/C13H22ClN7O3/c14-9-5-8(11(13(23)24)20-18-9)16-12(22)7-1-2-10(19-17-7)21-4-3-15-6-21/h7-11,15,17,19H,1-6H2,(H,16,22)(H,23,24). The van der Waals surface area contributed by atoms with Gasteiger partial charge in [0.15, 0.2) is 6.04 Å². The van der Waals surface area contributed by atoms with Gasteiger partial charge < -0.3 is 15.7 Å². The lowest BCUT2D eigenvalue weighted by Crippen LogP contribution is -2.63. The zero-order chi connectivity index (χ0) is 17.1. The van der Waals surface area contributed by atoms with Gasteiger partial charge in [0.2, 0.25) is 5.91 Å². The number of hydrogen-bond donors (Lipinski definition) is 5. The highest BCUT2D eigenvalue weighted by Crippen LogP contribution is 2.20. The van der Waals surface area contributed by atoms with Gasteiger partial charge in [-0.15, -0.1) is 0 Å². The van der Waals surface area contributed by atoms with E-state index in [1.54, 1.807) is 0 Å². The second-order valence-corrected chi connectivity index (χ2v) is 6.71. The highest BCUT2D eigenvalue weighted by molar-refractivity contribution is 6.20. The largest absolute Gasteiger partial charge is 0.480 e. The molecule has 0 aromatic heterocycles. The van der Waals surface area contributed by atoms with Crippen molar-refractivity contribution in [1.82, 2.24) is 26.4 Å². The van der Waals surface area contributed by atoms with E-state index < -0.39 is 29.6 Å². The summed E-state index contributed by atoms with van der Waals surface area (Å²) >= 11 is 5.90. The molecule has 2 saturated heterocycles. The van der Waals surface area contributed by atoms with Gasteiger partial charge in [-0.1, -0.05) is 11.6 Å². The Hall–Kier alpha value is -1.33. The van der Waals surface area contributed by atoms with Crippen LogP contribution in [0.5, 0.6) is 0 Å². The Labute approximate surface area is 144 Å². The minimum absolute atomic E-state index is 0.187. The molecule has 3 aliphatic heterocycles. The van der Waals surface area contributed by atoms with Gasteiger partial charge in [-0.3, -0.25) is 9.69 Å². The number of halogens is 1. The summed E-state index contributed by atoms with van der Waals surface area (Å²) in [6, 6.07) is -2.17. The van der Waals surface area contributed by atoms with Crippen LogP contribution in [0.1, 0.15) is 19.3 Å². The average molecular weight is 360 g/mol. The molecule has 0 radical (unpaired) electrons. The molecule has 5 N–H and O–H groups in total. The van der Waals surface area contributed by atoms with Crippen molar-refractivity contribution in [1.29, 1.82) is 0 Å². The number of aliphatic carboxylic acids is 1. The first kappa shape index (κ1) is 17.5. The van der Waals surface area contributed by atoms with Gasteiger partial charge in [0, 0.05) is 26.2 Å². The van der Waals surface area contributed by atoms with Crippen molar-refractivity contribution in [2.45, 2.75) is 49.1 Å². The number of carboxylic acids is 1. The van der Waals surface area contributed by atoms with Gasteiger partial charge >= 0.3 is 5.97 Å². The first-order chi connectivity index (χ1) is 11.5. The molecule has 0 aromatic carbocycles. The van der Waals surface area contributed by atoms with Crippen LogP contribution in [0.3, 0.4) is 0 Å². The number of nitrogens with zero attached hydrogens (tertiary/aromatic N) is 3. The molecule has 5 atom stereocenters. The molecule has 3 aliphatic rings. The average Bonchev–Trinajstić information content (AvgIpc) is 3.09. The molecule has 0 saturated carbocycles. The predicted octanol–water partition coefficient (Wildman–Crippen LogP) is -1.21. The Morgan fingerprint density at radius 3 is 2.71 bits per heavy atom. The molecule has 0 aromatic rings. The van der Waals surface area contributed by atoms with Gasteiger partial charge in [0.1, 0.15) is 11.5 Å². The molecule has 0 spiro atoms. The van der Waals surface area contributed by atoms with Crippen LogP contribution in [-0.4, -0.2) is 71.4 Å². The number of hydrogen-bond acceptors (Lipinski definition) is 8. The molecule has 0 bridgehead atoms. The Bertz CT molecular complexity index is 506. The van der Waals surface area contributed by atoms with Crippen molar-refractivity contribution in [3.63, 3.8) is 0 Å². The normalized spacial score (nSPS) is 37.3. The quantitative estimate of drug-likeness (QED) is 0.314. The fourth-order valence-corrected chi connectivity index (χ4v) is 3.42. The lowest BCUT2D eigenvalue weighted by Gasteiger charge is -2.36. The maximum atomic E-state index is 12.4. The first-order valence-corrected chi connectivity index (χ1v) is 8.51. The third-order valence-electron chi connectivity index (χ3n) is 4.53. The van der Waals surface area contributed by atoms with Gasteiger partial charge in [-0.05, 0) is 12.8 Å². The van der Waals surface area contributed by atoms with Crippen molar-refractivity contribution in [3.05, 3.63) is 0 Å². The lowest BCUT2D eigenvalue weighted by molar-refractivity contribution is -0.140. The SMILES string of the molecule is O=C(NC1CC(Cl)N=NC1C(=O)O)C1CCC(N2CCNC2)NN1. The van der Waals surface area contributed by atoms with Crippen LogP contribution in [0.4, 0.5) is 0 Å². The fraction of sp³-hybridized carbons (Fsp3) is 0.846. The van der Waals surface area contributed by atoms with Crippen molar-refractivity contribution in [2.24, 2.45) is 10.2 Å². The van der Waals surface area contributed by atoms with Crippen molar-refractivity contribution in [3.8, 4) is 0 Å². The Kier molecular flexibility index (Phi) is 5.61. The van der Waals surface area contributed by atoms with Crippen LogP contribution in [-0.2, 0) is 9.59 Å². The summed E-state index contributed by atoms with van der Waals surface area (Å²) in [7, 11) is 0. The highest BCUT2D eigenvalue weighted by Gasteiger charge is 2.37. The Morgan fingerprint density at radius 1 is 1.25 bits per heavy atom. The smallest absolute Gasteiger partial charge is 0.332 e. The summed E-state index contributed by atoms with van der Waals surface area (Å²) in [4.78, 5) is 25.9. The highest BCUT2D eigenvalue weighted by atomic mass is 35.5. The number of carbonyl (C=O) groups excluding carboxylic acids is 1. The fourth-order valence-electron chi connectivity index (χ4n) is 3.18. The van der Waals surface area contributed by atoms with Crippen LogP contribution in [0, 0.1) is 0 Å². The monoisotopic (exact) mass is 359 g/mol. The Morgan fingerprint density at radius 2 is 2.08 bits per heavy atom. The second-order valence-electron chi connectivity index (χ2n) is 6.20. The van der Waals surface area contributed by atoms with E-state index in [0.29, 0.717) is 6.42 Å². The number of amides is 1. The van der Waals surface area contributed by atoms with E-state index in [1.165, 1.54) is 0 Å². The van der Waals surface area contributed by atoms with Crippen LogP contribution < -0.4 is 21.5 Å². The van der Waals surface area contributed by atoms with E-state index in [1.807, 2.05) is 0 Å². The number of nitrogens with one attached hydrogen (secondary N) is 4. The van der Waals surface area contributed by atoms with E-state index in [2.05, 4.69) is 36.6 Å². The van der Waals surface area contributed by atoms with Crippen LogP contribution in [0.25, 0.3) is 0 Å². The maximum Gasteiger partial charge on any atom is 0.332 e. The molecule has 11 heteroatoms. The van der Waals surface area contributed by atoms with Crippen molar-refractivity contribution >= 4 is 23.5 Å².